The molecule has 0 unspecified atom stereocenters. The Morgan fingerprint density at radius 2 is 2.00 bits per heavy atom. The first kappa shape index (κ1) is 15.1. The Morgan fingerprint density at radius 1 is 1.39 bits per heavy atom. The number of sulfonamides is 1. The van der Waals surface area contributed by atoms with Gasteiger partial charge >= 0.3 is 0 Å². The van der Waals surface area contributed by atoms with E-state index in [2.05, 4.69) is 4.72 Å². The number of benzene rings is 1. The van der Waals surface area contributed by atoms with Gasteiger partial charge in [-0.25, -0.2) is 17.5 Å². The first-order valence-electron chi connectivity index (χ1n) is 5.67. The average molecular weight is 275 g/mol. The maximum atomic E-state index is 13.6. The van der Waals surface area contributed by atoms with Gasteiger partial charge in [-0.1, -0.05) is 13.8 Å². The van der Waals surface area contributed by atoms with Crippen LogP contribution in [-0.4, -0.2) is 20.1 Å². The third-order valence-corrected chi connectivity index (χ3v) is 4.06. The lowest BCUT2D eigenvalue weighted by Gasteiger charge is -2.12. The van der Waals surface area contributed by atoms with E-state index in [-0.39, 0.29) is 28.5 Å². The molecule has 0 atom stereocenters. The van der Waals surface area contributed by atoms with E-state index >= 15 is 0 Å². The second-order valence-corrected chi connectivity index (χ2v) is 6.34. The quantitative estimate of drug-likeness (QED) is 0.857. The molecule has 0 bridgehead atoms. The van der Waals surface area contributed by atoms with Gasteiger partial charge in [0.2, 0.25) is 10.0 Å². The highest BCUT2D eigenvalue weighted by Gasteiger charge is 2.20. The molecular weight excluding hydrogens is 257 g/mol. The van der Waals surface area contributed by atoms with Gasteiger partial charge in [0.05, 0.1) is 11.5 Å². The molecule has 0 saturated carbocycles. The summed E-state index contributed by atoms with van der Waals surface area (Å²) in [4.78, 5) is -0.118. The summed E-state index contributed by atoms with van der Waals surface area (Å²) in [5.74, 6) is -0.475. The molecule has 0 saturated heterocycles. The normalized spacial score (nSPS) is 12.1. The Balaban J connectivity index is 3.19. The highest BCUT2D eigenvalue weighted by Crippen LogP contribution is 2.20. The molecule has 0 aliphatic heterocycles. The topological polar surface area (TPSA) is 66.4 Å². The average Bonchev–Trinajstić information content (AvgIpc) is 2.29. The zero-order chi connectivity index (χ0) is 13.9. The molecule has 18 heavy (non-hydrogen) atoms. The number of hydrogen-bond acceptors (Lipinski definition) is 3. The summed E-state index contributed by atoms with van der Waals surface area (Å²) in [7, 11) is -3.74. The van der Waals surface area contributed by atoms with Crippen molar-refractivity contribution in [3.05, 3.63) is 29.1 Å². The van der Waals surface area contributed by atoms with Gasteiger partial charge in [-0.2, -0.15) is 0 Å². The van der Waals surface area contributed by atoms with Crippen molar-refractivity contribution in [2.45, 2.75) is 32.3 Å². The zero-order valence-corrected chi connectivity index (χ0v) is 11.5. The van der Waals surface area contributed by atoms with Crippen LogP contribution in [-0.2, 0) is 16.6 Å². The summed E-state index contributed by atoms with van der Waals surface area (Å²) in [6.07, 6.45) is 0. The van der Waals surface area contributed by atoms with Gasteiger partial charge in [-0.05, 0) is 30.5 Å². The summed E-state index contributed by atoms with van der Waals surface area (Å²) >= 11 is 0. The Hall–Kier alpha value is -0.980. The molecule has 1 aromatic carbocycles. The maximum Gasteiger partial charge on any atom is 0.240 e. The van der Waals surface area contributed by atoms with Crippen molar-refractivity contribution >= 4 is 10.0 Å². The molecule has 0 heterocycles. The Labute approximate surface area is 107 Å². The Kier molecular flexibility index (Phi) is 4.84. The molecule has 4 nitrogen and oxygen atoms in total. The van der Waals surface area contributed by atoms with Crippen LogP contribution in [0.1, 0.15) is 25.0 Å². The highest BCUT2D eigenvalue weighted by atomic mass is 32.2. The molecule has 2 N–H and O–H groups in total. The summed E-state index contributed by atoms with van der Waals surface area (Å²) in [6, 6.07) is 2.43. The molecule has 0 amide bonds. The van der Waals surface area contributed by atoms with Crippen molar-refractivity contribution in [2.75, 3.05) is 6.54 Å². The first-order valence-corrected chi connectivity index (χ1v) is 7.15. The number of aliphatic hydroxyl groups excluding tert-OH is 1. The van der Waals surface area contributed by atoms with Gasteiger partial charge in [-0.15, -0.1) is 0 Å². The first-order chi connectivity index (χ1) is 8.27. The lowest BCUT2D eigenvalue weighted by Crippen LogP contribution is -2.28. The fourth-order valence-electron chi connectivity index (χ4n) is 1.43. The summed E-state index contributed by atoms with van der Waals surface area (Å²) < 4.78 is 40.0. The largest absolute Gasteiger partial charge is 0.392 e. The van der Waals surface area contributed by atoms with Gasteiger partial charge < -0.3 is 5.11 Å². The van der Waals surface area contributed by atoms with E-state index < -0.39 is 22.4 Å². The van der Waals surface area contributed by atoms with Crippen molar-refractivity contribution in [1.29, 1.82) is 0 Å². The van der Waals surface area contributed by atoms with Crippen LogP contribution in [0, 0.1) is 18.7 Å². The third kappa shape index (κ3) is 3.51. The van der Waals surface area contributed by atoms with E-state index in [1.165, 1.54) is 13.0 Å². The van der Waals surface area contributed by atoms with Crippen LogP contribution < -0.4 is 4.72 Å². The molecule has 0 aliphatic carbocycles. The van der Waals surface area contributed by atoms with Crippen molar-refractivity contribution in [2.24, 2.45) is 5.92 Å². The molecule has 1 aromatic rings. The van der Waals surface area contributed by atoms with Crippen molar-refractivity contribution in [3.63, 3.8) is 0 Å². The Morgan fingerprint density at radius 3 is 2.50 bits per heavy atom. The van der Waals surface area contributed by atoms with Gasteiger partial charge in [0.25, 0.3) is 0 Å². The predicted octanol–water partition coefficient (Wildman–Crippen LogP) is 1.56. The number of rotatable bonds is 5. The minimum Gasteiger partial charge on any atom is -0.392 e. The second-order valence-electron chi connectivity index (χ2n) is 4.60. The summed E-state index contributed by atoms with van der Waals surface area (Å²) in [5, 5.41) is 8.98. The molecule has 0 radical (unpaired) electrons. The SMILES string of the molecule is Cc1c(F)cc(CO)cc1S(=O)(=O)NCC(C)C. The second kappa shape index (κ2) is 5.77. The van der Waals surface area contributed by atoms with Crippen LogP contribution in [0.5, 0.6) is 0 Å². The van der Waals surface area contributed by atoms with Gasteiger partial charge in [0, 0.05) is 12.1 Å². The molecule has 102 valence electrons. The van der Waals surface area contributed by atoms with Gasteiger partial charge in [0.15, 0.2) is 0 Å². The molecule has 1 rings (SSSR count). The van der Waals surface area contributed by atoms with Crippen LogP contribution in [0.2, 0.25) is 0 Å². The standard InChI is InChI=1S/C12H18FNO3S/c1-8(2)6-14-18(16,17)12-5-10(7-15)4-11(13)9(12)3/h4-5,8,14-15H,6-7H2,1-3H3. The number of halogens is 1. The summed E-state index contributed by atoms with van der Waals surface area (Å²) in [5.41, 5.74) is 0.298. The summed E-state index contributed by atoms with van der Waals surface area (Å²) in [6.45, 7) is 5.04. The fourth-order valence-corrected chi connectivity index (χ4v) is 2.95. The minimum absolute atomic E-state index is 0.0588. The third-order valence-electron chi connectivity index (χ3n) is 2.51. The fraction of sp³-hybridized carbons (Fsp3) is 0.500. The number of aliphatic hydroxyl groups is 1. The number of nitrogens with one attached hydrogen (secondary N) is 1. The van der Waals surface area contributed by atoms with E-state index in [9.17, 15) is 12.8 Å². The van der Waals surface area contributed by atoms with E-state index in [4.69, 9.17) is 5.11 Å². The van der Waals surface area contributed by atoms with Gasteiger partial charge in [-0.3, -0.25) is 0 Å². The lowest BCUT2D eigenvalue weighted by molar-refractivity contribution is 0.281. The van der Waals surface area contributed by atoms with E-state index in [0.717, 1.165) is 6.07 Å². The molecule has 6 heteroatoms. The molecule has 0 aromatic heterocycles. The molecule has 0 spiro atoms. The van der Waals surface area contributed by atoms with Crippen LogP contribution in [0.3, 0.4) is 0 Å². The lowest BCUT2D eigenvalue weighted by atomic mass is 10.1. The van der Waals surface area contributed by atoms with E-state index in [0.29, 0.717) is 0 Å². The number of hydrogen-bond donors (Lipinski definition) is 2. The zero-order valence-electron chi connectivity index (χ0n) is 10.7. The van der Waals surface area contributed by atoms with Crippen LogP contribution >= 0.6 is 0 Å². The molecular formula is C12H18FNO3S. The maximum absolute atomic E-state index is 13.6. The van der Waals surface area contributed by atoms with Crippen LogP contribution in [0.15, 0.2) is 17.0 Å². The van der Waals surface area contributed by atoms with E-state index in [1.807, 2.05) is 13.8 Å². The highest BCUT2D eigenvalue weighted by molar-refractivity contribution is 7.89. The molecule has 0 fully saturated rings. The van der Waals surface area contributed by atoms with Crippen LogP contribution in [0.4, 0.5) is 4.39 Å². The van der Waals surface area contributed by atoms with Crippen molar-refractivity contribution < 1.29 is 17.9 Å². The van der Waals surface area contributed by atoms with Gasteiger partial charge in [0.1, 0.15) is 5.82 Å². The monoisotopic (exact) mass is 275 g/mol. The van der Waals surface area contributed by atoms with Crippen molar-refractivity contribution in [1.82, 2.24) is 4.72 Å². The predicted molar refractivity (Wildman–Crippen MR) is 67.1 cm³/mol. The van der Waals surface area contributed by atoms with E-state index in [1.54, 1.807) is 0 Å². The smallest absolute Gasteiger partial charge is 0.240 e. The molecule has 0 aliphatic rings. The van der Waals surface area contributed by atoms with Crippen molar-refractivity contribution in [3.8, 4) is 0 Å². The Bertz CT molecular complexity index is 526. The minimum atomic E-state index is -3.74. The van der Waals surface area contributed by atoms with Crippen LogP contribution in [0.25, 0.3) is 0 Å².